The number of nitrogens with zero attached hydrogens (tertiary/aromatic N) is 2. The van der Waals surface area contributed by atoms with Crippen LogP contribution in [0.1, 0.15) is 56.2 Å². The number of hydrazine groups is 1. The maximum Gasteiger partial charge on any atom is 0.416 e. The summed E-state index contributed by atoms with van der Waals surface area (Å²) in [6.07, 6.45) is -2.41. The van der Waals surface area contributed by atoms with Crippen LogP contribution in [0.15, 0.2) is 42.4 Å². The standard InChI is InChI=1S/C22H26F4N6O2.C2H6/c1-12-18(32(28)10-17(27)20(34)30-11-21(2,3)4)8-16(9-29-12)31-19(33)13-5-14(22(24,25)26)7-15(23)6-13;1-2/h5-10H,11,27-28H2,1-4H3,(H,30,34)(H,31,33);1-2H3/b17-10-;. The third kappa shape index (κ3) is 9.17. The number of amides is 2. The van der Waals surface area contributed by atoms with Crippen molar-refractivity contribution in [2.75, 3.05) is 16.9 Å². The zero-order valence-corrected chi connectivity index (χ0v) is 21.0. The Kier molecular flexibility index (Phi) is 10.4. The van der Waals surface area contributed by atoms with E-state index in [1.807, 2.05) is 34.6 Å². The summed E-state index contributed by atoms with van der Waals surface area (Å²) in [7, 11) is 0. The van der Waals surface area contributed by atoms with Gasteiger partial charge in [0.15, 0.2) is 0 Å². The maximum absolute atomic E-state index is 13.6. The average Bonchev–Trinajstić information content (AvgIpc) is 2.78. The van der Waals surface area contributed by atoms with Crippen LogP contribution < -0.4 is 27.2 Å². The fourth-order valence-electron chi connectivity index (χ4n) is 2.66. The number of hydrogen-bond acceptors (Lipinski definition) is 6. The number of halogens is 4. The highest BCUT2D eigenvalue weighted by molar-refractivity contribution is 6.04. The fourth-order valence-corrected chi connectivity index (χ4v) is 2.66. The Hall–Kier alpha value is -3.67. The molecule has 12 heteroatoms. The van der Waals surface area contributed by atoms with Gasteiger partial charge in [-0.1, -0.05) is 34.6 Å². The molecule has 36 heavy (non-hydrogen) atoms. The Balaban J connectivity index is 0.00000316. The van der Waals surface area contributed by atoms with E-state index in [9.17, 15) is 27.2 Å². The Morgan fingerprint density at radius 2 is 1.72 bits per heavy atom. The van der Waals surface area contributed by atoms with Crippen molar-refractivity contribution in [3.05, 3.63) is 65.0 Å². The van der Waals surface area contributed by atoms with Gasteiger partial charge < -0.3 is 16.4 Å². The summed E-state index contributed by atoms with van der Waals surface area (Å²) in [5, 5.41) is 6.04. The van der Waals surface area contributed by atoms with Gasteiger partial charge in [0.05, 0.1) is 35.0 Å². The molecular weight excluding hydrogens is 480 g/mol. The van der Waals surface area contributed by atoms with Gasteiger partial charge >= 0.3 is 6.18 Å². The van der Waals surface area contributed by atoms with Gasteiger partial charge in [0.2, 0.25) is 0 Å². The minimum absolute atomic E-state index is 0.0722. The third-order valence-electron chi connectivity index (χ3n) is 4.40. The first-order chi connectivity index (χ1) is 16.6. The number of carbonyl (C=O) groups excluding carboxylic acids is 2. The van der Waals surface area contributed by atoms with Crippen LogP contribution in [0.25, 0.3) is 0 Å². The van der Waals surface area contributed by atoms with Crippen molar-refractivity contribution >= 4 is 23.2 Å². The number of nitrogens with two attached hydrogens (primary N) is 2. The molecule has 2 rings (SSSR count). The largest absolute Gasteiger partial charge is 0.416 e. The summed E-state index contributed by atoms with van der Waals surface area (Å²) < 4.78 is 52.4. The number of nitrogens with one attached hydrogen (secondary N) is 2. The number of carbonyl (C=O) groups is 2. The molecule has 1 heterocycles. The van der Waals surface area contributed by atoms with Crippen molar-refractivity contribution in [1.29, 1.82) is 0 Å². The van der Waals surface area contributed by atoms with E-state index < -0.39 is 34.9 Å². The molecule has 6 N–H and O–H groups in total. The molecule has 0 aliphatic carbocycles. The SMILES string of the molecule is CC.Cc1ncc(NC(=O)c2cc(F)cc(C(F)(F)F)c2)cc1N(N)/C=C(\N)C(=O)NCC(C)(C)C. The molecule has 0 saturated heterocycles. The molecule has 0 bridgehead atoms. The lowest BCUT2D eigenvalue weighted by atomic mass is 9.97. The van der Waals surface area contributed by atoms with Crippen molar-refractivity contribution in [3.63, 3.8) is 0 Å². The van der Waals surface area contributed by atoms with Gasteiger partial charge in [-0.3, -0.25) is 19.6 Å². The first-order valence-corrected chi connectivity index (χ1v) is 11.0. The molecule has 0 unspecified atom stereocenters. The number of aromatic nitrogens is 1. The summed E-state index contributed by atoms with van der Waals surface area (Å²) in [5.74, 6) is 3.26. The van der Waals surface area contributed by atoms with Crippen LogP contribution >= 0.6 is 0 Å². The van der Waals surface area contributed by atoms with E-state index in [0.717, 1.165) is 11.2 Å². The molecule has 8 nitrogen and oxygen atoms in total. The van der Waals surface area contributed by atoms with Crippen molar-refractivity contribution < 1.29 is 27.2 Å². The zero-order valence-electron chi connectivity index (χ0n) is 21.0. The van der Waals surface area contributed by atoms with Gasteiger partial charge in [-0.25, -0.2) is 10.2 Å². The van der Waals surface area contributed by atoms with Crippen LogP contribution in [0.5, 0.6) is 0 Å². The Morgan fingerprint density at radius 3 is 2.28 bits per heavy atom. The van der Waals surface area contributed by atoms with Gasteiger partial charge in [0, 0.05) is 12.1 Å². The first-order valence-electron chi connectivity index (χ1n) is 11.0. The highest BCUT2D eigenvalue weighted by Gasteiger charge is 2.32. The fraction of sp³-hybridized carbons (Fsp3) is 0.375. The number of benzene rings is 1. The van der Waals surface area contributed by atoms with E-state index in [1.54, 1.807) is 6.92 Å². The van der Waals surface area contributed by atoms with Crippen LogP contribution in [0, 0.1) is 18.2 Å². The molecule has 0 atom stereocenters. The van der Waals surface area contributed by atoms with Crippen LogP contribution in [0.2, 0.25) is 0 Å². The molecule has 1 aromatic heterocycles. The van der Waals surface area contributed by atoms with E-state index in [2.05, 4.69) is 15.6 Å². The topological polar surface area (TPSA) is 126 Å². The van der Waals surface area contributed by atoms with E-state index in [1.165, 1.54) is 12.3 Å². The first kappa shape index (κ1) is 30.4. The van der Waals surface area contributed by atoms with E-state index in [4.69, 9.17) is 11.6 Å². The number of aryl methyl sites for hydroxylation is 1. The summed E-state index contributed by atoms with van der Waals surface area (Å²) in [6, 6.07) is 2.89. The lowest BCUT2D eigenvalue weighted by Crippen LogP contribution is -2.37. The molecule has 0 radical (unpaired) electrons. The molecule has 0 aliphatic rings. The summed E-state index contributed by atoms with van der Waals surface area (Å²) >= 11 is 0. The third-order valence-corrected chi connectivity index (χ3v) is 4.40. The summed E-state index contributed by atoms with van der Waals surface area (Å²) in [5.41, 5.74) is 4.37. The number of hydrogen-bond donors (Lipinski definition) is 4. The lowest BCUT2D eigenvalue weighted by Gasteiger charge is -2.20. The van der Waals surface area contributed by atoms with Crippen molar-refractivity contribution in [1.82, 2.24) is 10.3 Å². The second-order valence-corrected chi connectivity index (χ2v) is 8.74. The average molecular weight is 513 g/mol. The van der Waals surface area contributed by atoms with E-state index in [-0.39, 0.29) is 22.5 Å². The predicted octanol–water partition coefficient (Wildman–Crippen LogP) is 4.47. The molecule has 1 aromatic carbocycles. The van der Waals surface area contributed by atoms with Crippen molar-refractivity contribution in [2.45, 2.75) is 47.7 Å². The molecule has 0 saturated carbocycles. The zero-order chi connectivity index (χ0) is 27.8. The van der Waals surface area contributed by atoms with Gasteiger partial charge in [-0.15, -0.1) is 0 Å². The van der Waals surface area contributed by atoms with Crippen LogP contribution in [-0.2, 0) is 11.0 Å². The van der Waals surface area contributed by atoms with Gasteiger partial charge in [0.1, 0.15) is 11.5 Å². The van der Waals surface area contributed by atoms with E-state index in [0.29, 0.717) is 30.4 Å². The normalized spacial score (nSPS) is 11.8. The van der Waals surface area contributed by atoms with Gasteiger partial charge in [-0.05, 0) is 36.6 Å². The van der Waals surface area contributed by atoms with Crippen molar-refractivity contribution in [2.24, 2.45) is 17.0 Å². The van der Waals surface area contributed by atoms with Crippen LogP contribution in [0.3, 0.4) is 0 Å². The molecule has 0 fully saturated rings. The second kappa shape index (κ2) is 12.3. The number of rotatable bonds is 6. The Labute approximate surface area is 207 Å². The Morgan fingerprint density at radius 1 is 1.11 bits per heavy atom. The molecule has 2 aromatic rings. The van der Waals surface area contributed by atoms with Gasteiger partial charge in [-0.2, -0.15) is 13.2 Å². The molecule has 198 valence electrons. The molecule has 0 aliphatic heterocycles. The van der Waals surface area contributed by atoms with Crippen LogP contribution in [0.4, 0.5) is 28.9 Å². The molecular formula is C24H32F4N6O2. The second-order valence-electron chi connectivity index (χ2n) is 8.74. The van der Waals surface area contributed by atoms with E-state index >= 15 is 0 Å². The predicted molar refractivity (Wildman–Crippen MR) is 131 cm³/mol. The van der Waals surface area contributed by atoms with Gasteiger partial charge in [0.25, 0.3) is 11.8 Å². The quantitative estimate of drug-likeness (QED) is 0.196. The number of anilines is 2. The minimum atomic E-state index is -4.82. The Bertz CT molecular complexity index is 1110. The highest BCUT2D eigenvalue weighted by Crippen LogP contribution is 2.30. The maximum atomic E-state index is 13.6. The minimum Gasteiger partial charge on any atom is -0.393 e. The van der Waals surface area contributed by atoms with Crippen LogP contribution in [-0.4, -0.2) is 23.3 Å². The van der Waals surface area contributed by atoms with Crippen molar-refractivity contribution in [3.8, 4) is 0 Å². The monoisotopic (exact) mass is 512 g/mol. The summed E-state index contributed by atoms with van der Waals surface area (Å²) in [4.78, 5) is 28.7. The number of alkyl halides is 3. The lowest BCUT2D eigenvalue weighted by molar-refractivity contribution is -0.137. The smallest absolute Gasteiger partial charge is 0.393 e. The summed E-state index contributed by atoms with van der Waals surface area (Å²) in [6.45, 7) is 11.8. The molecule has 2 amide bonds. The highest BCUT2D eigenvalue weighted by atomic mass is 19.4. The molecule has 0 spiro atoms. The number of pyridine rings is 1.